The van der Waals surface area contributed by atoms with E-state index in [0.717, 1.165) is 0 Å². The number of nitrogens with zero attached hydrogens (tertiary/aromatic N) is 2. The van der Waals surface area contributed by atoms with Crippen LogP contribution in [0.15, 0.2) is 0 Å². The molecule has 0 saturated carbocycles. The van der Waals surface area contributed by atoms with E-state index in [-0.39, 0.29) is 41.9 Å². The van der Waals surface area contributed by atoms with Crippen LogP contribution >= 0.6 is 0 Å². The van der Waals surface area contributed by atoms with Gasteiger partial charge >= 0.3 is 0 Å². The van der Waals surface area contributed by atoms with Crippen molar-refractivity contribution < 1.29 is 19.2 Å². The van der Waals surface area contributed by atoms with Gasteiger partial charge in [-0.2, -0.15) is 5.26 Å². The lowest BCUT2D eigenvalue weighted by atomic mass is 9.96. The lowest BCUT2D eigenvalue weighted by Gasteiger charge is -2.33. The van der Waals surface area contributed by atoms with Crippen molar-refractivity contribution in [2.75, 3.05) is 13.6 Å². The molecule has 0 bridgehead atoms. The Bertz CT molecular complexity index is 685. The summed E-state index contributed by atoms with van der Waals surface area (Å²) in [4.78, 5) is 50.7. The van der Waals surface area contributed by atoms with Crippen LogP contribution in [0.3, 0.4) is 0 Å². The van der Waals surface area contributed by atoms with Gasteiger partial charge in [0, 0.05) is 26.4 Å². The zero-order valence-corrected chi connectivity index (χ0v) is 18.8. The average Bonchev–Trinajstić information content (AvgIpc) is 3.06. The summed E-state index contributed by atoms with van der Waals surface area (Å²) in [6.07, 6.45) is 1.27. The van der Waals surface area contributed by atoms with Crippen LogP contribution in [0.5, 0.6) is 0 Å². The van der Waals surface area contributed by atoms with Crippen molar-refractivity contribution in [1.29, 1.82) is 5.26 Å². The van der Waals surface area contributed by atoms with E-state index in [9.17, 15) is 24.4 Å². The van der Waals surface area contributed by atoms with Crippen molar-refractivity contribution in [3.63, 3.8) is 0 Å². The van der Waals surface area contributed by atoms with Gasteiger partial charge in [-0.25, -0.2) is 0 Å². The summed E-state index contributed by atoms with van der Waals surface area (Å²) in [5.41, 5.74) is 0. The van der Waals surface area contributed by atoms with E-state index in [1.165, 1.54) is 18.9 Å². The van der Waals surface area contributed by atoms with Crippen LogP contribution < -0.4 is 16.0 Å². The highest BCUT2D eigenvalue weighted by atomic mass is 16.2. The molecule has 30 heavy (non-hydrogen) atoms. The number of hydrogen-bond acceptors (Lipinski definition) is 5. The van der Waals surface area contributed by atoms with Gasteiger partial charge < -0.3 is 20.9 Å². The Morgan fingerprint density at radius 1 is 1.23 bits per heavy atom. The fraction of sp³-hybridized carbons (Fsp3) is 0.762. The molecule has 4 atom stereocenters. The zero-order valence-electron chi connectivity index (χ0n) is 18.8. The molecule has 0 aliphatic carbocycles. The second-order valence-electron chi connectivity index (χ2n) is 8.72. The van der Waals surface area contributed by atoms with Crippen LogP contribution in [0.4, 0.5) is 0 Å². The van der Waals surface area contributed by atoms with Gasteiger partial charge in [0.1, 0.15) is 18.1 Å². The molecule has 1 saturated heterocycles. The minimum atomic E-state index is -0.819. The topological polar surface area (TPSA) is 131 Å². The van der Waals surface area contributed by atoms with Crippen molar-refractivity contribution >= 4 is 23.6 Å². The van der Waals surface area contributed by atoms with Gasteiger partial charge in [0.05, 0.1) is 6.07 Å². The highest BCUT2D eigenvalue weighted by molar-refractivity contribution is 5.92. The van der Waals surface area contributed by atoms with E-state index in [1.54, 1.807) is 0 Å². The summed E-state index contributed by atoms with van der Waals surface area (Å²) in [5.74, 6) is -1.55. The van der Waals surface area contributed by atoms with Crippen LogP contribution in [-0.4, -0.2) is 60.2 Å². The van der Waals surface area contributed by atoms with Crippen LogP contribution in [-0.2, 0) is 19.2 Å². The van der Waals surface area contributed by atoms with Gasteiger partial charge in [0.25, 0.3) is 0 Å². The minimum absolute atomic E-state index is 0.106. The summed E-state index contributed by atoms with van der Waals surface area (Å²) < 4.78 is 0. The third kappa shape index (κ3) is 7.32. The first-order chi connectivity index (χ1) is 14.0. The van der Waals surface area contributed by atoms with Crippen molar-refractivity contribution in [3.8, 4) is 6.07 Å². The molecule has 1 heterocycles. The average molecular weight is 422 g/mol. The van der Waals surface area contributed by atoms with E-state index < -0.39 is 24.0 Å². The maximum absolute atomic E-state index is 13.0. The Balaban J connectivity index is 2.95. The molecule has 1 aliphatic heterocycles. The zero-order chi connectivity index (χ0) is 23.0. The SMILES string of the molecule is CC(=O)N[C@H](C(=O)N(C)[C@@H](CC(C)C)C(=O)N[C@H](C#N)C[C@@H]1CCNC1=O)C(C)C. The van der Waals surface area contributed by atoms with Gasteiger partial charge in [-0.15, -0.1) is 0 Å². The standard InChI is InChI=1S/C21H35N5O4/c1-12(2)9-17(26(6)21(30)18(13(3)4)24-14(5)27)20(29)25-16(11-22)10-15-7-8-23-19(15)28/h12-13,15-18H,7-10H2,1-6H3,(H,23,28)(H,24,27)(H,25,29)/t15-,16-,17-,18-/m0/s1. The number of nitrogens with one attached hydrogen (secondary N) is 3. The number of carbonyl (C=O) groups is 4. The number of likely N-dealkylation sites (N-methyl/N-ethyl adjacent to an activating group) is 1. The third-order valence-corrected chi connectivity index (χ3v) is 5.26. The summed E-state index contributed by atoms with van der Waals surface area (Å²) >= 11 is 0. The Morgan fingerprint density at radius 3 is 2.30 bits per heavy atom. The number of hydrogen-bond donors (Lipinski definition) is 3. The van der Waals surface area contributed by atoms with Gasteiger partial charge in [-0.1, -0.05) is 27.7 Å². The summed E-state index contributed by atoms with van der Waals surface area (Å²) in [5, 5.41) is 17.5. The molecule has 168 valence electrons. The van der Waals surface area contributed by atoms with Gasteiger partial charge in [0.2, 0.25) is 23.6 Å². The Hall–Kier alpha value is -2.63. The summed E-state index contributed by atoms with van der Waals surface area (Å²) in [6.45, 7) is 9.44. The van der Waals surface area contributed by atoms with Crippen molar-refractivity contribution in [2.45, 2.75) is 72.0 Å². The summed E-state index contributed by atoms with van der Waals surface area (Å²) in [6, 6.07) is -0.305. The molecule has 0 aromatic heterocycles. The van der Waals surface area contributed by atoms with E-state index >= 15 is 0 Å². The number of carbonyl (C=O) groups excluding carboxylic acids is 4. The molecule has 0 spiro atoms. The molecule has 1 fully saturated rings. The molecular weight excluding hydrogens is 386 g/mol. The maximum Gasteiger partial charge on any atom is 0.245 e. The maximum atomic E-state index is 13.0. The molecule has 3 N–H and O–H groups in total. The Labute approximate surface area is 178 Å². The summed E-state index contributed by atoms with van der Waals surface area (Å²) in [7, 11) is 1.54. The minimum Gasteiger partial charge on any atom is -0.356 e. The van der Waals surface area contributed by atoms with Gasteiger partial charge in [0.15, 0.2) is 0 Å². The van der Waals surface area contributed by atoms with Gasteiger partial charge in [-0.3, -0.25) is 19.2 Å². The first kappa shape index (κ1) is 25.4. The van der Waals surface area contributed by atoms with Crippen molar-refractivity contribution in [1.82, 2.24) is 20.9 Å². The number of rotatable bonds is 10. The quantitative estimate of drug-likeness (QED) is 0.474. The highest BCUT2D eigenvalue weighted by Crippen LogP contribution is 2.18. The smallest absolute Gasteiger partial charge is 0.245 e. The normalized spacial score (nSPS) is 18.9. The molecule has 0 aromatic carbocycles. The van der Waals surface area contributed by atoms with Crippen LogP contribution in [0.1, 0.15) is 53.9 Å². The van der Waals surface area contributed by atoms with E-state index in [2.05, 4.69) is 22.0 Å². The molecule has 0 unspecified atom stereocenters. The van der Waals surface area contributed by atoms with Crippen molar-refractivity contribution in [2.24, 2.45) is 17.8 Å². The molecule has 4 amide bonds. The fourth-order valence-electron chi connectivity index (χ4n) is 3.56. The van der Waals surface area contributed by atoms with E-state index in [1.807, 2.05) is 27.7 Å². The molecule has 0 aromatic rings. The molecule has 1 aliphatic rings. The number of nitriles is 1. The highest BCUT2D eigenvalue weighted by Gasteiger charge is 2.35. The lowest BCUT2D eigenvalue weighted by molar-refractivity contribution is -0.143. The fourth-order valence-corrected chi connectivity index (χ4v) is 3.56. The van der Waals surface area contributed by atoms with Crippen LogP contribution in [0.2, 0.25) is 0 Å². The molecule has 0 radical (unpaired) electrons. The Kier molecular flexibility index (Phi) is 9.76. The molecule has 9 heteroatoms. The first-order valence-electron chi connectivity index (χ1n) is 10.5. The predicted molar refractivity (Wildman–Crippen MR) is 112 cm³/mol. The third-order valence-electron chi connectivity index (χ3n) is 5.26. The molecule has 1 rings (SSSR count). The molecular formula is C21H35N5O4. The number of amides is 4. The second-order valence-corrected chi connectivity index (χ2v) is 8.72. The Morgan fingerprint density at radius 2 is 1.87 bits per heavy atom. The largest absolute Gasteiger partial charge is 0.356 e. The lowest BCUT2D eigenvalue weighted by Crippen LogP contribution is -2.56. The first-order valence-corrected chi connectivity index (χ1v) is 10.5. The van der Waals surface area contributed by atoms with Crippen molar-refractivity contribution in [3.05, 3.63) is 0 Å². The monoisotopic (exact) mass is 421 g/mol. The van der Waals surface area contributed by atoms with E-state index in [0.29, 0.717) is 19.4 Å². The van der Waals surface area contributed by atoms with Crippen LogP contribution in [0.25, 0.3) is 0 Å². The second kappa shape index (κ2) is 11.5. The van der Waals surface area contributed by atoms with E-state index in [4.69, 9.17) is 0 Å². The molecule has 9 nitrogen and oxygen atoms in total. The predicted octanol–water partition coefficient (Wildman–Crippen LogP) is 0.555. The van der Waals surface area contributed by atoms with Crippen LogP contribution in [0, 0.1) is 29.1 Å². The van der Waals surface area contributed by atoms with Gasteiger partial charge in [-0.05, 0) is 31.1 Å².